The van der Waals surface area contributed by atoms with Gasteiger partial charge in [0.25, 0.3) is 5.91 Å². The zero-order valence-electron chi connectivity index (χ0n) is 12.1. The number of anilines is 1. The predicted octanol–water partition coefficient (Wildman–Crippen LogP) is 1.71. The number of aromatic nitrogens is 1. The van der Waals surface area contributed by atoms with Gasteiger partial charge in [-0.05, 0) is 12.5 Å². The average molecular weight is 319 g/mol. The first kappa shape index (κ1) is 16.1. The molecule has 1 aromatic carbocycles. The topological polar surface area (TPSA) is 94.3 Å². The van der Waals surface area contributed by atoms with Gasteiger partial charge in [0, 0.05) is 5.38 Å². The maximum absolute atomic E-state index is 12.0. The first-order valence-corrected chi connectivity index (χ1v) is 7.61. The summed E-state index contributed by atoms with van der Waals surface area (Å²) >= 11 is 1.25. The van der Waals surface area contributed by atoms with Crippen molar-refractivity contribution in [3.05, 3.63) is 47.0 Å². The van der Waals surface area contributed by atoms with Crippen LogP contribution >= 0.6 is 11.3 Å². The zero-order valence-corrected chi connectivity index (χ0v) is 12.9. The number of nitrogens with two attached hydrogens (primary N) is 1. The number of nitrogens with one attached hydrogen (secondary N) is 1. The van der Waals surface area contributed by atoms with Crippen LogP contribution in [0.4, 0.5) is 5.13 Å². The average Bonchev–Trinajstić information content (AvgIpc) is 2.92. The number of rotatable bonds is 7. The molecule has 116 valence electrons. The number of amides is 2. The summed E-state index contributed by atoms with van der Waals surface area (Å²) < 4.78 is 5.52. The van der Waals surface area contributed by atoms with Crippen molar-refractivity contribution in [2.75, 3.05) is 5.32 Å². The van der Waals surface area contributed by atoms with Gasteiger partial charge >= 0.3 is 0 Å². The molecule has 22 heavy (non-hydrogen) atoms. The highest BCUT2D eigenvalue weighted by molar-refractivity contribution is 7.13. The molecule has 2 aromatic rings. The van der Waals surface area contributed by atoms with Gasteiger partial charge in [0.2, 0.25) is 5.91 Å². The Morgan fingerprint density at radius 3 is 2.77 bits per heavy atom. The van der Waals surface area contributed by atoms with Gasteiger partial charge in [0.15, 0.2) is 5.13 Å². The van der Waals surface area contributed by atoms with E-state index < -0.39 is 12.0 Å². The first-order chi connectivity index (χ1) is 10.5. The fourth-order valence-electron chi connectivity index (χ4n) is 1.70. The molecule has 1 aromatic heterocycles. The maximum atomic E-state index is 12.0. The van der Waals surface area contributed by atoms with Crippen molar-refractivity contribution in [1.29, 1.82) is 0 Å². The van der Waals surface area contributed by atoms with Crippen LogP contribution in [0.1, 0.15) is 18.2 Å². The monoisotopic (exact) mass is 319 g/mol. The number of hydrogen-bond acceptors (Lipinski definition) is 5. The second-order valence-electron chi connectivity index (χ2n) is 4.72. The maximum Gasteiger partial charge on any atom is 0.255 e. The van der Waals surface area contributed by atoms with Crippen LogP contribution in [-0.4, -0.2) is 22.9 Å². The number of ether oxygens (including phenoxy) is 1. The summed E-state index contributed by atoms with van der Waals surface area (Å²) in [7, 11) is 0. The molecule has 6 nitrogen and oxygen atoms in total. The molecule has 2 rings (SSSR count). The Balaban J connectivity index is 1.83. The van der Waals surface area contributed by atoms with Crippen LogP contribution in [0.2, 0.25) is 0 Å². The van der Waals surface area contributed by atoms with Crippen LogP contribution in [0.15, 0.2) is 35.7 Å². The molecule has 0 aliphatic rings. The van der Waals surface area contributed by atoms with Crippen molar-refractivity contribution in [1.82, 2.24) is 4.98 Å². The number of carbonyl (C=O) groups excluding carboxylic acids is 2. The summed E-state index contributed by atoms with van der Waals surface area (Å²) in [5.41, 5.74) is 6.64. The summed E-state index contributed by atoms with van der Waals surface area (Å²) in [6.07, 6.45) is -0.546. The van der Waals surface area contributed by atoms with Crippen LogP contribution in [0, 0.1) is 0 Å². The van der Waals surface area contributed by atoms with E-state index in [-0.39, 0.29) is 12.3 Å². The smallest absolute Gasteiger partial charge is 0.255 e. The normalized spacial score (nSPS) is 11.9. The second kappa shape index (κ2) is 7.67. The first-order valence-electron chi connectivity index (χ1n) is 6.73. The minimum absolute atomic E-state index is 0.0619. The summed E-state index contributed by atoms with van der Waals surface area (Å²) in [5, 5.41) is 4.78. The third-order valence-electron chi connectivity index (χ3n) is 2.85. The number of thiazole rings is 1. The second-order valence-corrected chi connectivity index (χ2v) is 5.57. The zero-order chi connectivity index (χ0) is 15.9. The summed E-state index contributed by atoms with van der Waals surface area (Å²) in [6.45, 7) is 2.04. The molecule has 0 saturated heterocycles. The van der Waals surface area contributed by atoms with Crippen molar-refractivity contribution in [3.63, 3.8) is 0 Å². The largest absolute Gasteiger partial charge is 0.369 e. The van der Waals surface area contributed by atoms with Crippen LogP contribution in [0.25, 0.3) is 0 Å². The van der Waals surface area contributed by atoms with E-state index in [9.17, 15) is 9.59 Å². The van der Waals surface area contributed by atoms with Crippen LogP contribution in [-0.2, 0) is 27.4 Å². The molecule has 0 saturated carbocycles. The Kier molecular flexibility index (Phi) is 5.62. The number of primary amides is 1. The Morgan fingerprint density at radius 1 is 1.36 bits per heavy atom. The number of nitrogens with zero attached hydrogens (tertiary/aromatic N) is 1. The number of benzene rings is 1. The van der Waals surface area contributed by atoms with E-state index in [1.807, 2.05) is 30.3 Å². The van der Waals surface area contributed by atoms with Crippen LogP contribution in [0.5, 0.6) is 0 Å². The molecular formula is C15H17N3O3S. The van der Waals surface area contributed by atoms with Gasteiger partial charge in [-0.25, -0.2) is 4.98 Å². The van der Waals surface area contributed by atoms with Gasteiger partial charge in [-0.3, -0.25) is 14.9 Å². The Labute approximate surface area is 132 Å². The van der Waals surface area contributed by atoms with Gasteiger partial charge in [0.05, 0.1) is 18.7 Å². The Morgan fingerprint density at radius 2 is 2.09 bits per heavy atom. The molecule has 0 bridgehead atoms. The lowest BCUT2D eigenvalue weighted by atomic mass is 10.2. The lowest BCUT2D eigenvalue weighted by Gasteiger charge is -2.12. The highest BCUT2D eigenvalue weighted by atomic mass is 32.1. The summed E-state index contributed by atoms with van der Waals surface area (Å²) in [4.78, 5) is 26.9. The van der Waals surface area contributed by atoms with Gasteiger partial charge in [0.1, 0.15) is 6.10 Å². The minimum atomic E-state index is -0.608. The number of hydrogen-bond donors (Lipinski definition) is 2. The molecule has 1 heterocycles. The minimum Gasteiger partial charge on any atom is -0.369 e. The summed E-state index contributed by atoms with van der Waals surface area (Å²) in [6, 6.07) is 9.62. The third-order valence-corrected chi connectivity index (χ3v) is 3.66. The van der Waals surface area contributed by atoms with E-state index >= 15 is 0 Å². The number of carbonyl (C=O) groups is 2. The molecule has 7 heteroatoms. The molecule has 0 fully saturated rings. The molecule has 0 radical (unpaired) electrons. The fourth-order valence-corrected chi connectivity index (χ4v) is 2.42. The standard InChI is InChI=1S/C15H17N3O3S/c1-10(21-8-11-5-3-2-4-6-11)14(20)18-15-17-12(9-22-15)7-13(16)19/h2-6,9-10H,7-8H2,1H3,(H2,16,19)(H,17,18,20)/t10-/m0/s1. The molecule has 1 atom stereocenters. The van der Waals surface area contributed by atoms with Gasteiger partial charge < -0.3 is 10.5 Å². The third kappa shape index (κ3) is 4.94. The molecule has 0 spiro atoms. The van der Waals surface area contributed by atoms with E-state index in [4.69, 9.17) is 10.5 Å². The van der Waals surface area contributed by atoms with Gasteiger partial charge in [-0.2, -0.15) is 0 Å². The SMILES string of the molecule is C[C@H](OCc1ccccc1)C(=O)Nc1nc(CC(N)=O)cs1. The lowest BCUT2D eigenvalue weighted by molar-refractivity contribution is -0.127. The van der Waals surface area contributed by atoms with E-state index in [1.54, 1.807) is 12.3 Å². The van der Waals surface area contributed by atoms with E-state index in [1.165, 1.54) is 11.3 Å². The van der Waals surface area contributed by atoms with Gasteiger partial charge in [-0.1, -0.05) is 30.3 Å². The lowest BCUT2D eigenvalue weighted by Crippen LogP contribution is -2.27. The molecule has 0 unspecified atom stereocenters. The Bertz CT molecular complexity index is 642. The predicted molar refractivity (Wildman–Crippen MR) is 84.3 cm³/mol. The highest BCUT2D eigenvalue weighted by Gasteiger charge is 2.15. The van der Waals surface area contributed by atoms with E-state index in [0.717, 1.165) is 5.56 Å². The van der Waals surface area contributed by atoms with Crippen molar-refractivity contribution in [2.24, 2.45) is 5.73 Å². The Hall–Kier alpha value is -2.25. The molecule has 2 amide bonds. The summed E-state index contributed by atoms with van der Waals surface area (Å²) in [5.74, 6) is -0.737. The molecule has 0 aliphatic heterocycles. The van der Waals surface area contributed by atoms with Crippen molar-refractivity contribution in [3.8, 4) is 0 Å². The quantitative estimate of drug-likeness (QED) is 0.812. The van der Waals surface area contributed by atoms with Crippen molar-refractivity contribution < 1.29 is 14.3 Å². The van der Waals surface area contributed by atoms with Crippen molar-refractivity contribution in [2.45, 2.75) is 26.1 Å². The molecular weight excluding hydrogens is 302 g/mol. The van der Waals surface area contributed by atoms with Crippen LogP contribution in [0.3, 0.4) is 0 Å². The van der Waals surface area contributed by atoms with Gasteiger partial charge in [-0.15, -0.1) is 11.3 Å². The van der Waals surface area contributed by atoms with Crippen molar-refractivity contribution >= 4 is 28.3 Å². The fraction of sp³-hybridized carbons (Fsp3) is 0.267. The molecule has 0 aliphatic carbocycles. The highest BCUT2D eigenvalue weighted by Crippen LogP contribution is 2.16. The van der Waals surface area contributed by atoms with E-state index in [2.05, 4.69) is 10.3 Å². The van der Waals surface area contributed by atoms with Crippen LogP contribution < -0.4 is 11.1 Å². The molecule has 3 N–H and O–H groups in total. The van der Waals surface area contributed by atoms with E-state index in [0.29, 0.717) is 17.4 Å².